The maximum Gasteiger partial charge on any atom is 0.261 e. The molecule has 0 spiro atoms. The number of anilines is 1. The van der Waals surface area contributed by atoms with E-state index in [1.807, 2.05) is 13.0 Å². The van der Waals surface area contributed by atoms with Crippen molar-refractivity contribution in [2.24, 2.45) is 0 Å². The van der Waals surface area contributed by atoms with E-state index < -0.39 is 0 Å². The van der Waals surface area contributed by atoms with Crippen LogP contribution in [0.5, 0.6) is 5.88 Å². The summed E-state index contributed by atoms with van der Waals surface area (Å²) in [4.78, 5) is 4.01. The highest BCUT2D eigenvalue weighted by Crippen LogP contribution is 2.10. The van der Waals surface area contributed by atoms with E-state index in [0.29, 0.717) is 17.7 Å². The summed E-state index contributed by atoms with van der Waals surface area (Å²) in [7, 11) is 1.57. The van der Waals surface area contributed by atoms with Crippen molar-refractivity contribution in [2.45, 2.75) is 6.92 Å². The summed E-state index contributed by atoms with van der Waals surface area (Å²) in [6, 6.07) is 3.56. The van der Waals surface area contributed by atoms with Gasteiger partial charge in [0.05, 0.1) is 25.6 Å². The van der Waals surface area contributed by atoms with Crippen LogP contribution in [0.15, 0.2) is 18.3 Å². The third kappa shape index (κ3) is 3.18. The summed E-state index contributed by atoms with van der Waals surface area (Å²) < 4.78 is 9.98. The van der Waals surface area contributed by atoms with Crippen LogP contribution < -0.4 is 10.1 Å². The van der Waals surface area contributed by atoms with Gasteiger partial charge in [0.25, 0.3) is 5.17 Å². The molecule has 1 aromatic heterocycles. The molecule has 0 aliphatic carbocycles. The zero-order valence-corrected chi connectivity index (χ0v) is 8.93. The average Bonchev–Trinajstić information content (AvgIpc) is 2.19. The van der Waals surface area contributed by atoms with Gasteiger partial charge in [-0.15, -0.1) is 0 Å². The van der Waals surface area contributed by atoms with Gasteiger partial charge in [-0.25, -0.2) is 4.98 Å². The number of hydrogen-bond acceptors (Lipinski definition) is 4. The zero-order valence-electron chi connectivity index (χ0n) is 8.11. The van der Waals surface area contributed by atoms with E-state index in [0.717, 1.165) is 5.69 Å². The topological polar surface area (TPSA) is 43.4 Å². The zero-order chi connectivity index (χ0) is 10.4. The fourth-order valence-corrected chi connectivity index (χ4v) is 1.10. The van der Waals surface area contributed by atoms with Crippen LogP contribution in [0.3, 0.4) is 0 Å². The van der Waals surface area contributed by atoms with Crippen molar-refractivity contribution in [3.8, 4) is 5.88 Å². The molecule has 0 radical (unpaired) electrons. The lowest BCUT2D eigenvalue weighted by atomic mass is 10.4. The van der Waals surface area contributed by atoms with E-state index in [1.54, 1.807) is 19.4 Å². The normalized spacial score (nSPS) is 9.29. The Kier molecular flexibility index (Phi) is 4.12. The van der Waals surface area contributed by atoms with E-state index in [1.165, 1.54) is 0 Å². The first-order valence-corrected chi connectivity index (χ1v) is 4.61. The molecule has 14 heavy (non-hydrogen) atoms. The monoisotopic (exact) mass is 212 g/mol. The maximum atomic E-state index is 5.06. The van der Waals surface area contributed by atoms with Crippen LogP contribution in [0, 0.1) is 0 Å². The fraction of sp³-hybridized carbons (Fsp3) is 0.333. The number of nitrogens with one attached hydrogen (secondary N) is 1. The van der Waals surface area contributed by atoms with E-state index in [-0.39, 0.29) is 0 Å². The molecule has 1 rings (SSSR count). The minimum Gasteiger partial charge on any atom is -0.481 e. The fourth-order valence-electron chi connectivity index (χ4n) is 0.860. The van der Waals surface area contributed by atoms with Crippen LogP contribution in [-0.4, -0.2) is 23.9 Å². The molecule has 0 saturated heterocycles. The molecule has 4 nitrogen and oxygen atoms in total. The Bertz CT molecular complexity index is 300. The molecule has 0 aliphatic rings. The molecule has 0 saturated carbocycles. The molecule has 1 aromatic rings. The van der Waals surface area contributed by atoms with Crippen LogP contribution in [0.1, 0.15) is 6.92 Å². The molecule has 0 unspecified atom stereocenters. The Balaban J connectivity index is 2.55. The summed E-state index contributed by atoms with van der Waals surface area (Å²) in [6.45, 7) is 2.43. The van der Waals surface area contributed by atoms with E-state index in [4.69, 9.17) is 21.7 Å². The number of rotatable bonds is 3. The van der Waals surface area contributed by atoms with Gasteiger partial charge in [0.2, 0.25) is 5.88 Å². The summed E-state index contributed by atoms with van der Waals surface area (Å²) in [5.41, 5.74) is 0.782. The second-order valence-corrected chi connectivity index (χ2v) is 2.81. The van der Waals surface area contributed by atoms with Gasteiger partial charge in [0.1, 0.15) is 0 Å². The van der Waals surface area contributed by atoms with Gasteiger partial charge in [-0.2, -0.15) is 0 Å². The Morgan fingerprint density at radius 2 is 2.36 bits per heavy atom. The van der Waals surface area contributed by atoms with Crippen molar-refractivity contribution in [3.05, 3.63) is 18.3 Å². The van der Waals surface area contributed by atoms with Crippen molar-refractivity contribution >= 4 is 23.1 Å². The van der Waals surface area contributed by atoms with Crippen molar-refractivity contribution in [3.63, 3.8) is 0 Å². The molecule has 1 N–H and O–H groups in total. The molecule has 0 amide bonds. The number of aromatic nitrogens is 1. The number of ether oxygens (including phenoxy) is 2. The minimum atomic E-state index is 0.347. The van der Waals surface area contributed by atoms with Crippen LogP contribution in [0.2, 0.25) is 0 Å². The number of pyridine rings is 1. The Labute approximate surface area is 88.2 Å². The van der Waals surface area contributed by atoms with Crippen LogP contribution in [0.4, 0.5) is 5.69 Å². The molecule has 76 valence electrons. The van der Waals surface area contributed by atoms with Crippen LogP contribution >= 0.6 is 12.2 Å². The summed E-state index contributed by atoms with van der Waals surface area (Å²) in [5.74, 6) is 0.567. The standard InChI is InChI=1S/C9H12N2O2S/c1-3-13-9(14)11-7-4-5-8(12-2)10-6-7/h4-6H,3H2,1-2H3,(H,11,14). The van der Waals surface area contributed by atoms with Gasteiger partial charge in [0.15, 0.2) is 0 Å². The van der Waals surface area contributed by atoms with Crippen molar-refractivity contribution < 1.29 is 9.47 Å². The van der Waals surface area contributed by atoms with Crippen LogP contribution in [-0.2, 0) is 4.74 Å². The van der Waals surface area contributed by atoms with E-state index in [2.05, 4.69) is 10.3 Å². The molecule has 0 bridgehead atoms. The molecule has 0 aliphatic heterocycles. The molecule has 1 heterocycles. The number of hydrogen-bond donors (Lipinski definition) is 1. The SMILES string of the molecule is CCOC(=S)Nc1ccc(OC)nc1. The first-order valence-electron chi connectivity index (χ1n) is 4.20. The predicted molar refractivity (Wildman–Crippen MR) is 58.6 cm³/mol. The highest BCUT2D eigenvalue weighted by Gasteiger charge is 1.98. The van der Waals surface area contributed by atoms with E-state index >= 15 is 0 Å². The number of thiocarbonyl (C=S) groups is 1. The highest BCUT2D eigenvalue weighted by atomic mass is 32.1. The lowest BCUT2D eigenvalue weighted by Crippen LogP contribution is -2.12. The van der Waals surface area contributed by atoms with Crippen LogP contribution in [0.25, 0.3) is 0 Å². The quantitative estimate of drug-likeness (QED) is 0.774. The van der Waals surface area contributed by atoms with E-state index in [9.17, 15) is 0 Å². The average molecular weight is 212 g/mol. The molecule has 0 aromatic carbocycles. The van der Waals surface area contributed by atoms with Gasteiger partial charge in [-0.05, 0) is 25.2 Å². The van der Waals surface area contributed by atoms with Gasteiger partial charge in [0, 0.05) is 6.07 Å². The molecular weight excluding hydrogens is 200 g/mol. The third-order valence-corrected chi connectivity index (χ3v) is 1.69. The second-order valence-electron chi connectivity index (χ2n) is 2.43. The van der Waals surface area contributed by atoms with Crippen molar-refractivity contribution in [1.29, 1.82) is 0 Å². The highest BCUT2D eigenvalue weighted by molar-refractivity contribution is 7.80. The molecule has 0 fully saturated rings. The number of nitrogens with zero attached hydrogens (tertiary/aromatic N) is 1. The summed E-state index contributed by atoms with van der Waals surface area (Å²) in [6.07, 6.45) is 1.63. The lowest BCUT2D eigenvalue weighted by Gasteiger charge is -2.07. The largest absolute Gasteiger partial charge is 0.481 e. The van der Waals surface area contributed by atoms with Crippen molar-refractivity contribution in [1.82, 2.24) is 4.98 Å². The Hall–Kier alpha value is -1.36. The minimum absolute atomic E-state index is 0.347. The van der Waals surface area contributed by atoms with Gasteiger partial charge in [-0.3, -0.25) is 0 Å². The summed E-state index contributed by atoms with van der Waals surface area (Å²) in [5, 5.41) is 3.23. The third-order valence-electron chi connectivity index (χ3n) is 1.47. The first-order chi connectivity index (χ1) is 6.76. The molecule has 0 atom stereocenters. The smallest absolute Gasteiger partial charge is 0.261 e. The predicted octanol–water partition coefficient (Wildman–Crippen LogP) is 1.82. The van der Waals surface area contributed by atoms with Gasteiger partial charge < -0.3 is 14.8 Å². The van der Waals surface area contributed by atoms with Gasteiger partial charge in [-0.1, -0.05) is 0 Å². The Morgan fingerprint density at radius 1 is 1.57 bits per heavy atom. The number of methoxy groups -OCH3 is 1. The Morgan fingerprint density at radius 3 is 2.86 bits per heavy atom. The maximum absolute atomic E-state index is 5.06. The molecule has 5 heteroatoms. The second kappa shape index (κ2) is 5.39. The van der Waals surface area contributed by atoms with Gasteiger partial charge >= 0.3 is 0 Å². The summed E-state index contributed by atoms with van der Waals surface area (Å²) >= 11 is 4.90. The first kappa shape index (κ1) is 10.7. The van der Waals surface area contributed by atoms with Crippen molar-refractivity contribution in [2.75, 3.05) is 19.0 Å². The molecular formula is C9H12N2O2S. The lowest BCUT2D eigenvalue weighted by molar-refractivity contribution is 0.335.